The van der Waals surface area contributed by atoms with Crippen molar-refractivity contribution in [1.82, 2.24) is 14.7 Å². The monoisotopic (exact) mass is 327 g/mol. The lowest BCUT2D eigenvalue weighted by atomic mass is 9.76. The highest BCUT2D eigenvalue weighted by Gasteiger charge is 2.48. The molecule has 1 amide bonds. The van der Waals surface area contributed by atoms with Gasteiger partial charge in [-0.05, 0) is 42.7 Å². The highest BCUT2D eigenvalue weighted by Crippen LogP contribution is 2.38. The lowest BCUT2D eigenvalue weighted by Gasteiger charge is -2.28. The number of amides is 1. The van der Waals surface area contributed by atoms with Gasteiger partial charge >= 0.3 is 5.97 Å². The fourth-order valence-corrected chi connectivity index (χ4v) is 3.26. The Balaban J connectivity index is 1.77. The van der Waals surface area contributed by atoms with E-state index in [-0.39, 0.29) is 18.4 Å². The molecule has 1 aliphatic rings. The van der Waals surface area contributed by atoms with Crippen molar-refractivity contribution in [3.8, 4) is 5.69 Å². The molecule has 24 heavy (non-hydrogen) atoms. The first-order valence-electron chi connectivity index (χ1n) is 8.07. The average molecular weight is 327 g/mol. The third-order valence-corrected chi connectivity index (χ3v) is 5.00. The normalized spacial score (nSPS) is 20.5. The summed E-state index contributed by atoms with van der Waals surface area (Å²) in [5.41, 5.74) is 0.598. The van der Waals surface area contributed by atoms with E-state index in [2.05, 4.69) is 5.10 Å². The van der Waals surface area contributed by atoms with Crippen molar-refractivity contribution >= 4 is 11.9 Å². The molecule has 6 nitrogen and oxygen atoms in total. The number of rotatable bonds is 4. The highest BCUT2D eigenvalue weighted by molar-refractivity contribution is 5.95. The number of carboxylic acids is 1. The van der Waals surface area contributed by atoms with E-state index >= 15 is 0 Å². The molecule has 0 radical (unpaired) electrons. The molecule has 1 aromatic heterocycles. The molecule has 2 heterocycles. The van der Waals surface area contributed by atoms with Crippen LogP contribution in [-0.2, 0) is 4.79 Å². The summed E-state index contributed by atoms with van der Waals surface area (Å²) < 4.78 is 1.72. The van der Waals surface area contributed by atoms with Gasteiger partial charge in [0.05, 0.1) is 11.1 Å². The quantitative estimate of drug-likeness (QED) is 0.936. The Labute approximate surface area is 140 Å². The molecular formula is C18H21N3O3. The molecule has 1 aromatic carbocycles. The minimum absolute atomic E-state index is 0.0185. The van der Waals surface area contributed by atoms with E-state index in [1.54, 1.807) is 27.9 Å². The molecule has 1 saturated heterocycles. The van der Waals surface area contributed by atoms with Gasteiger partial charge in [0.2, 0.25) is 0 Å². The summed E-state index contributed by atoms with van der Waals surface area (Å²) in [6.07, 6.45) is 4.03. The summed E-state index contributed by atoms with van der Waals surface area (Å²) >= 11 is 0. The maximum Gasteiger partial charge on any atom is 0.311 e. The predicted molar refractivity (Wildman–Crippen MR) is 89.0 cm³/mol. The number of hydrogen-bond donors (Lipinski definition) is 1. The highest BCUT2D eigenvalue weighted by atomic mass is 16.4. The summed E-state index contributed by atoms with van der Waals surface area (Å²) in [6, 6.07) is 9.03. The number of aliphatic carboxylic acids is 1. The second-order valence-electron chi connectivity index (χ2n) is 6.59. The Kier molecular flexibility index (Phi) is 4.13. The van der Waals surface area contributed by atoms with Crippen molar-refractivity contribution in [2.75, 3.05) is 13.1 Å². The zero-order valence-corrected chi connectivity index (χ0v) is 13.8. The van der Waals surface area contributed by atoms with Crippen LogP contribution in [0.5, 0.6) is 0 Å². The van der Waals surface area contributed by atoms with Crippen LogP contribution < -0.4 is 0 Å². The number of likely N-dealkylation sites (tertiary alicyclic amines) is 1. The fourth-order valence-electron chi connectivity index (χ4n) is 3.26. The molecule has 1 fully saturated rings. The standard InChI is InChI=1S/C18H21N3O3/c1-13(2)18(17(23)24)8-11-20(12-18)16(22)14-4-6-15(7-5-14)21-10-3-9-19-21/h3-7,9-10,13H,8,11-12H2,1-2H3,(H,23,24). The molecular weight excluding hydrogens is 306 g/mol. The molecule has 0 aliphatic carbocycles. The van der Waals surface area contributed by atoms with E-state index in [4.69, 9.17) is 0 Å². The summed E-state index contributed by atoms with van der Waals surface area (Å²) in [5.74, 6) is -0.956. The first-order chi connectivity index (χ1) is 11.4. The summed E-state index contributed by atoms with van der Waals surface area (Å²) in [5, 5.41) is 13.8. The van der Waals surface area contributed by atoms with Crippen LogP contribution in [0.15, 0.2) is 42.7 Å². The smallest absolute Gasteiger partial charge is 0.311 e. The minimum atomic E-state index is -0.843. The largest absolute Gasteiger partial charge is 0.481 e. The van der Waals surface area contributed by atoms with Gasteiger partial charge in [-0.25, -0.2) is 4.68 Å². The second kappa shape index (κ2) is 6.11. The molecule has 1 atom stereocenters. The zero-order chi connectivity index (χ0) is 17.3. The van der Waals surface area contributed by atoms with E-state index in [1.165, 1.54) is 0 Å². The number of benzene rings is 1. The molecule has 2 aromatic rings. The lowest BCUT2D eigenvalue weighted by molar-refractivity contribution is -0.150. The van der Waals surface area contributed by atoms with E-state index in [1.807, 2.05) is 38.2 Å². The molecule has 0 saturated carbocycles. The summed E-state index contributed by atoms with van der Waals surface area (Å²) in [4.78, 5) is 26.0. The topological polar surface area (TPSA) is 75.4 Å². The van der Waals surface area contributed by atoms with Gasteiger partial charge in [-0.2, -0.15) is 5.10 Å². The van der Waals surface area contributed by atoms with E-state index in [0.29, 0.717) is 18.5 Å². The van der Waals surface area contributed by atoms with Gasteiger partial charge in [0.25, 0.3) is 5.91 Å². The lowest BCUT2D eigenvalue weighted by Crippen LogP contribution is -2.40. The summed E-state index contributed by atoms with van der Waals surface area (Å²) in [6.45, 7) is 4.55. The Bertz CT molecular complexity index is 737. The molecule has 0 spiro atoms. The van der Waals surface area contributed by atoms with Crippen LogP contribution in [0.4, 0.5) is 0 Å². The molecule has 126 valence electrons. The van der Waals surface area contributed by atoms with E-state index in [0.717, 1.165) is 5.69 Å². The van der Waals surface area contributed by atoms with Crippen molar-refractivity contribution in [2.45, 2.75) is 20.3 Å². The Morgan fingerprint density at radius 1 is 1.25 bits per heavy atom. The number of carbonyl (C=O) groups excluding carboxylic acids is 1. The van der Waals surface area contributed by atoms with Crippen molar-refractivity contribution in [3.05, 3.63) is 48.3 Å². The van der Waals surface area contributed by atoms with Crippen LogP contribution in [-0.4, -0.2) is 44.8 Å². The zero-order valence-electron chi connectivity index (χ0n) is 13.8. The Hall–Kier alpha value is -2.63. The average Bonchev–Trinajstić information content (AvgIpc) is 3.24. The van der Waals surface area contributed by atoms with E-state index < -0.39 is 11.4 Å². The van der Waals surface area contributed by atoms with Crippen molar-refractivity contribution < 1.29 is 14.7 Å². The van der Waals surface area contributed by atoms with Gasteiger partial charge in [-0.1, -0.05) is 13.8 Å². The van der Waals surface area contributed by atoms with Crippen LogP contribution in [0, 0.1) is 11.3 Å². The van der Waals surface area contributed by atoms with Gasteiger partial charge in [0.15, 0.2) is 0 Å². The van der Waals surface area contributed by atoms with Crippen molar-refractivity contribution in [3.63, 3.8) is 0 Å². The van der Waals surface area contributed by atoms with Gasteiger partial charge in [-0.15, -0.1) is 0 Å². The maximum atomic E-state index is 12.7. The fraction of sp³-hybridized carbons (Fsp3) is 0.389. The first kappa shape index (κ1) is 16.2. The Morgan fingerprint density at radius 3 is 2.46 bits per heavy atom. The molecule has 1 unspecified atom stereocenters. The van der Waals surface area contributed by atoms with E-state index in [9.17, 15) is 14.7 Å². The van der Waals surface area contributed by atoms with Crippen LogP contribution in [0.25, 0.3) is 5.69 Å². The number of hydrogen-bond acceptors (Lipinski definition) is 3. The molecule has 1 aliphatic heterocycles. The van der Waals surface area contributed by atoms with Crippen molar-refractivity contribution in [2.24, 2.45) is 11.3 Å². The van der Waals surface area contributed by atoms with Gasteiger partial charge in [0, 0.05) is 31.0 Å². The maximum absolute atomic E-state index is 12.7. The first-order valence-corrected chi connectivity index (χ1v) is 8.07. The van der Waals surface area contributed by atoms with Crippen LogP contribution in [0.2, 0.25) is 0 Å². The van der Waals surface area contributed by atoms with Crippen LogP contribution >= 0.6 is 0 Å². The number of aromatic nitrogens is 2. The predicted octanol–water partition coefficient (Wildman–Crippen LogP) is 2.45. The van der Waals surface area contributed by atoms with Gasteiger partial charge < -0.3 is 10.0 Å². The van der Waals surface area contributed by atoms with Crippen LogP contribution in [0.1, 0.15) is 30.6 Å². The van der Waals surface area contributed by atoms with Crippen molar-refractivity contribution in [1.29, 1.82) is 0 Å². The Morgan fingerprint density at radius 2 is 1.96 bits per heavy atom. The number of carbonyl (C=O) groups is 2. The van der Waals surface area contributed by atoms with Crippen LogP contribution in [0.3, 0.4) is 0 Å². The molecule has 1 N–H and O–H groups in total. The minimum Gasteiger partial charge on any atom is -0.481 e. The summed E-state index contributed by atoms with van der Waals surface area (Å²) in [7, 11) is 0. The molecule has 6 heteroatoms. The molecule has 0 bridgehead atoms. The molecule has 3 rings (SSSR count). The van der Waals surface area contributed by atoms with Gasteiger partial charge in [0.1, 0.15) is 0 Å². The van der Waals surface area contributed by atoms with Gasteiger partial charge in [-0.3, -0.25) is 9.59 Å². The third-order valence-electron chi connectivity index (χ3n) is 5.00. The number of nitrogens with zero attached hydrogens (tertiary/aromatic N) is 3. The third kappa shape index (κ3) is 2.68. The number of carboxylic acid groups (broad SMARTS) is 1. The second-order valence-corrected chi connectivity index (χ2v) is 6.59. The SMILES string of the molecule is CC(C)C1(C(=O)O)CCN(C(=O)c2ccc(-n3cccn3)cc2)C1.